The fourth-order valence-corrected chi connectivity index (χ4v) is 2.01. The number of aromatic amines is 1. The molecule has 9 heteroatoms. The van der Waals surface area contributed by atoms with Gasteiger partial charge in [0, 0.05) is 12.6 Å². The van der Waals surface area contributed by atoms with E-state index in [9.17, 15) is 24.5 Å². The zero-order valence-corrected chi connectivity index (χ0v) is 10.9. The molecule has 1 amide bonds. The maximum Gasteiger partial charge on any atom is 0.350 e. The molecule has 0 bridgehead atoms. The predicted molar refractivity (Wildman–Crippen MR) is 68.4 cm³/mol. The van der Waals surface area contributed by atoms with Gasteiger partial charge in [0.2, 0.25) is 5.91 Å². The van der Waals surface area contributed by atoms with E-state index in [4.69, 9.17) is 0 Å². The van der Waals surface area contributed by atoms with Crippen molar-refractivity contribution >= 4 is 11.6 Å². The summed E-state index contributed by atoms with van der Waals surface area (Å²) in [5.74, 6) is -0.293. The second-order valence-electron chi connectivity index (χ2n) is 4.57. The highest BCUT2D eigenvalue weighted by molar-refractivity contribution is 5.76. The first-order valence-electron chi connectivity index (χ1n) is 6.21. The summed E-state index contributed by atoms with van der Waals surface area (Å²) in [4.78, 5) is 48.1. The summed E-state index contributed by atoms with van der Waals surface area (Å²) in [6.45, 7) is 2.03. The molecular weight excluding hydrogens is 268 g/mol. The Kier molecular flexibility index (Phi) is 3.68. The number of hydrogen-bond acceptors (Lipinski definition) is 5. The van der Waals surface area contributed by atoms with Crippen LogP contribution in [0.3, 0.4) is 0 Å². The van der Waals surface area contributed by atoms with Crippen LogP contribution in [-0.2, 0) is 11.3 Å². The Bertz CT molecular complexity index is 658. The summed E-state index contributed by atoms with van der Waals surface area (Å²) in [6.07, 6.45) is 2.67. The first-order valence-corrected chi connectivity index (χ1v) is 6.21. The third-order valence-corrected chi connectivity index (χ3v) is 3.14. The second kappa shape index (κ2) is 5.27. The third-order valence-electron chi connectivity index (χ3n) is 3.14. The molecule has 0 aromatic carbocycles. The average molecular weight is 282 g/mol. The van der Waals surface area contributed by atoms with Crippen LogP contribution in [0.15, 0.2) is 15.8 Å². The lowest BCUT2D eigenvalue weighted by Gasteiger charge is -2.20. The molecule has 9 nitrogen and oxygen atoms in total. The van der Waals surface area contributed by atoms with Gasteiger partial charge in [-0.15, -0.1) is 0 Å². The lowest BCUT2D eigenvalue weighted by atomic mass is 10.4. The third kappa shape index (κ3) is 2.76. The molecule has 0 radical (unpaired) electrons. The van der Waals surface area contributed by atoms with Crippen molar-refractivity contribution in [3.63, 3.8) is 0 Å². The van der Waals surface area contributed by atoms with Crippen LogP contribution in [-0.4, -0.2) is 37.9 Å². The van der Waals surface area contributed by atoms with Crippen molar-refractivity contribution in [2.24, 2.45) is 0 Å². The Balaban J connectivity index is 2.26. The van der Waals surface area contributed by atoms with Crippen LogP contribution in [0.5, 0.6) is 0 Å². The van der Waals surface area contributed by atoms with E-state index in [1.54, 1.807) is 4.90 Å². The monoisotopic (exact) mass is 282 g/mol. The second-order valence-corrected chi connectivity index (χ2v) is 4.57. The van der Waals surface area contributed by atoms with Crippen LogP contribution in [0, 0.1) is 10.1 Å². The van der Waals surface area contributed by atoms with Crippen LogP contribution in [0.1, 0.15) is 19.8 Å². The van der Waals surface area contributed by atoms with Gasteiger partial charge in [-0.1, -0.05) is 0 Å². The minimum Gasteiger partial charge on any atom is -0.338 e. The van der Waals surface area contributed by atoms with Gasteiger partial charge >= 0.3 is 16.9 Å². The molecule has 20 heavy (non-hydrogen) atoms. The summed E-state index contributed by atoms with van der Waals surface area (Å²) in [5, 5.41) is 10.7. The van der Waals surface area contributed by atoms with Crippen LogP contribution in [0.2, 0.25) is 0 Å². The molecule has 0 saturated heterocycles. The summed E-state index contributed by atoms with van der Waals surface area (Å²) >= 11 is 0. The first-order chi connectivity index (χ1) is 9.43. The number of rotatable bonds is 5. The number of nitrogens with one attached hydrogen (secondary N) is 1. The SMILES string of the molecule is CCN(C(=O)Cn1cc([N+](=O)[O-])c(=O)[nH]c1=O)C1CC1. The molecule has 1 aromatic rings. The zero-order chi connectivity index (χ0) is 14.9. The molecule has 1 heterocycles. The largest absolute Gasteiger partial charge is 0.350 e. The van der Waals surface area contributed by atoms with Gasteiger partial charge in [-0.3, -0.25) is 29.3 Å². The lowest BCUT2D eigenvalue weighted by Crippen LogP contribution is -2.39. The van der Waals surface area contributed by atoms with E-state index in [2.05, 4.69) is 0 Å². The number of carbonyl (C=O) groups is 1. The number of likely N-dealkylation sites (N-methyl/N-ethyl adjacent to an activating group) is 1. The maximum atomic E-state index is 12.0. The minimum absolute atomic E-state index is 0.195. The highest BCUT2D eigenvalue weighted by Crippen LogP contribution is 2.26. The Labute approximate surface area is 113 Å². The summed E-state index contributed by atoms with van der Waals surface area (Å²) in [6, 6.07) is 0.195. The fourth-order valence-electron chi connectivity index (χ4n) is 2.01. The van der Waals surface area contributed by atoms with Gasteiger partial charge in [-0.2, -0.15) is 0 Å². The Morgan fingerprint density at radius 2 is 2.20 bits per heavy atom. The molecule has 108 valence electrons. The van der Waals surface area contributed by atoms with Crippen molar-refractivity contribution in [1.82, 2.24) is 14.5 Å². The number of H-pyrrole nitrogens is 1. The normalized spacial score (nSPS) is 14.1. The molecule has 0 atom stereocenters. The molecular formula is C11H14N4O5. The molecule has 2 rings (SSSR count). The zero-order valence-electron chi connectivity index (χ0n) is 10.9. The number of amides is 1. The minimum atomic E-state index is -1.07. The van der Waals surface area contributed by atoms with Gasteiger partial charge in [0.15, 0.2) is 0 Å². The standard InChI is InChI=1S/C11H14N4O5/c1-2-14(7-3-4-7)9(16)6-13-5-8(15(19)20)10(17)12-11(13)18/h5,7H,2-4,6H2,1H3,(H,12,17,18). The molecule has 0 spiro atoms. The van der Waals surface area contributed by atoms with E-state index in [-0.39, 0.29) is 18.5 Å². The van der Waals surface area contributed by atoms with Crippen LogP contribution >= 0.6 is 0 Å². The van der Waals surface area contributed by atoms with E-state index in [0.717, 1.165) is 23.6 Å². The van der Waals surface area contributed by atoms with Gasteiger partial charge in [-0.05, 0) is 19.8 Å². The maximum absolute atomic E-state index is 12.0. The molecule has 1 fully saturated rings. The Hall–Kier alpha value is -2.45. The van der Waals surface area contributed by atoms with E-state index < -0.39 is 21.9 Å². The number of aromatic nitrogens is 2. The van der Waals surface area contributed by atoms with Crippen molar-refractivity contribution in [3.05, 3.63) is 37.1 Å². The fraction of sp³-hybridized carbons (Fsp3) is 0.545. The Morgan fingerprint density at radius 3 is 2.70 bits per heavy atom. The van der Waals surface area contributed by atoms with Crippen molar-refractivity contribution in [2.75, 3.05) is 6.54 Å². The van der Waals surface area contributed by atoms with E-state index >= 15 is 0 Å². The molecule has 1 aliphatic rings. The number of carbonyl (C=O) groups excluding carboxylic acids is 1. The summed E-state index contributed by atoms with van der Waals surface area (Å²) in [7, 11) is 0. The summed E-state index contributed by atoms with van der Waals surface area (Å²) in [5.41, 5.74) is -2.66. The number of hydrogen-bond donors (Lipinski definition) is 1. The van der Waals surface area contributed by atoms with E-state index in [1.807, 2.05) is 11.9 Å². The molecule has 1 N–H and O–H groups in total. The van der Waals surface area contributed by atoms with Crippen molar-refractivity contribution in [2.45, 2.75) is 32.4 Å². The first kappa shape index (κ1) is 14.0. The molecule has 1 aliphatic carbocycles. The molecule has 0 unspecified atom stereocenters. The number of nitro groups is 1. The lowest BCUT2D eigenvalue weighted by molar-refractivity contribution is -0.386. The topological polar surface area (TPSA) is 118 Å². The molecule has 0 aliphatic heterocycles. The van der Waals surface area contributed by atoms with Crippen molar-refractivity contribution < 1.29 is 9.72 Å². The highest BCUT2D eigenvalue weighted by Gasteiger charge is 2.31. The number of nitrogens with zero attached hydrogens (tertiary/aromatic N) is 3. The van der Waals surface area contributed by atoms with Gasteiger partial charge in [0.1, 0.15) is 6.54 Å². The van der Waals surface area contributed by atoms with Crippen molar-refractivity contribution in [1.29, 1.82) is 0 Å². The average Bonchev–Trinajstić information content (AvgIpc) is 3.17. The molecule has 1 aromatic heterocycles. The van der Waals surface area contributed by atoms with Gasteiger partial charge in [0.05, 0.1) is 11.1 Å². The smallest absolute Gasteiger partial charge is 0.338 e. The molecule has 1 saturated carbocycles. The predicted octanol–water partition coefficient (Wildman–Crippen LogP) is -0.544. The highest BCUT2D eigenvalue weighted by atomic mass is 16.6. The van der Waals surface area contributed by atoms with Crippen LogP contribution in [0.25, 0.3) is 0 Å². The van der Waals surface area contributed by atoms with E-state index in [1.165, 1.54) is 0 Å². The van der Waals surface area contributed by atoms with Crippen LogP contribution in [0.4, 0.5) is 5.69 Å². The van der Waals surface area contributed by atoms with Gasteiger partial charge in [0.25, 0.3) is 0 Å². The van der Waals surface area contributed by atoms with Crippen LogP contribution < -0.4 is 11.2 Å². The van der Waals surface area contributed by atoms with E-state index in [0.29, 0.717) is 6.54 Å². The van der Waals surface area contributed by atoms with Gasteiger partial charge in [-0.25, -0.2) is 4.79 Å². The Morgan fingerprint density at radius 1 is 1.55 bits per heavy atom. The van der Waals surface area contributed by atoms with Gasteiger partial charge < -0.3 is 4.90 Å². The van der Waals surface area contributed by atoms with Crippen molar-refractivity contribution in [3.8, 4) is 0 Å². The summed E-state index contributed by atoms with van der Waals surface area (Å²) < 4.78 is 0.854. The quantitative estimate of drug-likeness (QED) is 0.574.